The van der Waals surface area contributed by atoms with Gasteiger partial charge in [0, 0.05) is 43.8 Å². The average molecular weight is 639 g/mol. The van der Waals surface area contributed by atoms with Crippen LogP contribution in [0.3, 0.4) is 0 Å². The number of aryl methyl sites for hydroxylation is 3. The van der Waals surface area contributed by atoms with Gasteiger partial charge in [-0.25, -0.2) is 4.68 Å². The predicted octanol–water partition coefficient (Wildman–Crippen LogP) is 4.26. The summed E-state index contributed by atoms with van der Waals surface area (Å²) in [6, 6.07) is 12.5. The summed E-state index contributed by atoms with van der Waals surface area (Å²) in [5.41, 5.74) is 6.26. The summed E-state index contributed by atoms with van der Waals surface area (Å²) in [5.74, 6) is -0.628. The smallest absolute Gasteiger partial charge is 0.385 e. The molecule has 5 rings (SSSR count). The zero-order valence-corrected chi connectivity index (χ0v) is 26.6. The Kier molecular flexibility index (Phi) is 9.61. The minimum atomic E-state index is -4.18. The van der Waals surface area contributed by atoms with E-state index in [-0.39, 0.29) is 55.9 Å². The van der Waals surface area contributed by atoms with Crippen LogP contribution in [0, 0.1) is 13.8 Å². The molecule has 4 aromatic rings. The molecule has 1 aliphatic heterocycles. The van der Waals surface area contributed by atoms with Crippen molar-refractivity contribution in [2.45, 2.75) is 65.6 Å². The first-order valence-electron chi connectivity index (χ1n) is 14.8. The number of hydrogen-bond acceptors (Lipinski definition) is 10. The SMILES string of the molecule is CCOC(=O)CC(c1ccc(C)c(CN2Cc3cc(O)cc(OC)c3OS2(=O)=O)c1)c1ccc2c(nnn2CCCCO)c1C. The topological polar surface area (TPSA) is 153 Å². The Morgan fingerprint density at radius 2 is 1.93 bits per heavy atom. The number of fused-ring (bicyclic) bond motifs is 2. The molecule has 2 heterocycles. The lowest BCUT2D eigenvalue weighted by atomic mass is 9.84. The number of aliphatic hydroxyl groups excluding tert-OH is 1. The number of aromatic nitrogens is 3. The van der Waals surface area contributed by atoms with Gasteiger partial charge in [-0.05, 0) is 73.6 Å². The molecule has 0 radical (unpaired) electrons. The number of carbonyl (C=O) groups is 1. The number of ether oxygens (including phenoxy) is 2. The molecule has 0 saturated heterocycles. The van der Waals surface area contributed by atoms with Crippen LogP contribution in [0.4, 0.5) is 0 Å². The molecule has 1 unspecified atom stereocenters. The highest BCUT2D eigenvalue weighted by molar-refractivity contribution is 7.84. The van der Waals surface area contributed by atoms with Gasteiger partial charge in [0.25, 0.3) is 0 Å². The fourth-order valence-electron chi connectivity index (χ4n) is 5.73. The maximum Gasteiger partial charge on any atom is 0.385 e. The van der Waals surface area contributed by atoms with Crippen LogP contribution in [0.15, 0.2) is 42.5 Å². The summed E-state index contributed by atoms with van der Waals surface area (Å²) in [6.07, 6.45) is 1.51. The monoisotopic (exact) mass is 638 g/mol. The minimum Gasteiger partial charge on any atom is -0.508 e. The van der Waals surface area contributed by atoms with Gasteiger partial charge in [0.05, 0.1) is 25.7 Å². The molecule has 1 atom stereocenters. The predicted molar refractivity (Wildman–Crippen MR) is 166 cm³/mol. The van der Waals surface area contributed by atoms with E-state index < -0.39 is 16.2 Å². The van der Waals surface area contributed by atoms with E-state index in [0.29, 0.717) is 18.5 Å². The number of nitrogens with zero attached hydrogens (tertiary/aromatic N) is 4. The fourth-order valence-corrected chi connectivity index (χ4v) is 6.83. The summed E-state index contributed by atoms with van der Waals surface area (Å²) in [7, 11) is -2.81. The molecular weight excluding hydrogens is 600 g/mol. The quantitative estimate of drug-likeness (QED) is 0.170. The second kappa shape index (κ2) is 13.4. The number of phenolic OH excluding ortho intramolecular Hbond substituents is 1. The Bertz CT molecular complexity index is 1820. The minimum absolute atomic E-state index is 0.00568. The van der Waals surface area contributed by atoms with E-state index in [1.54, 1.807) is 6.92 Å². The van der Waals surface area contributed by atoms with Gasteiger partial charge in [-0.3, -0.25) is 4.79 Å². The number of phenols is 1. The van der Waals surface area contributed by atoms with E-state index in [2.05, 4.69) is 10.3 Å². The van der Waals surface area contributed by atoms with Gasteiger partial charge in [-0.2, -0.15) is 12.7 Å². The Hall–Kier alpha value is -4.20. The Labute approximate surface area is 262 Å². The van der Waals surface area contributed by atoms with Gasteiger partial charge in [0.1, 0.15) is 11.3 Å². The van der Waals surface area contributed by atoms with Crippen molar-refractivity contribution in [1.29, 1.82) is 0 Å². The standard InChI is InChI=1S/C32H38N4O8S/c1-5-43-30(39)17-27(26-10-11-28-31(21(26)3)33-34-36(28)12-6-7-13-37)22-9-8-20(2)23(14-22)18-35-19-24-15-25(38)16-29(42-4)32(24)44-45(35,40)41/h8-11,14-16,27,37-38H,5-7,12-13,17-19H2,1-4H3. The van der Waals surface area contributed by atoms with Crippen molar-refractivity contribution in [3.63, 3.8) is 0 Å². The number of hydrogen-bond donors (Lipinski definition) is 2. The Balaban J connectivity index is 1.51. The summed E-state index contributed by atoms with van der Waals surface area (Å²) in [4.78, 5) is 12.9. The molecule has 0 bridgehead atoms. The van der Waals surface area contributed by atoms with E-state index in [1.165, 1.54) is 23.5 Å². The molecule has 2 N–H and O–H groups in total. The summed E-state index contributed by atoms with van der Waals surface area (Å²) < 4.78 is 45.4. The molecular formula is C32H38N4O8S. The van der Waals surface area contributed by atoms with Crippen LogP contribution in [0.1, 0.15) is 65.5 Å². The van der Waals surface area contributed by atoms with Crippen molar-refractivity contribution in [2.24, 2.45) is 0 Å². The summed E-state index contributed by atoms with van der Waals surface area (Å²) >= 11 is 0. The van der Waals surface area contributed by atoms with Crippen molar-refractivity contribution >= 4 is 27.3 Å². The van der Waals surface area contributed by atoms with Gasteiger partial charge in [0.15, 0.2) is 11.5 Å². The lowest BCUT2D eigenvalue weighted by Gasteiger charge is -2.29. The highest BCUT2D eigenvalue weighted by atomic mass is 32.2. The first-order valence-corrected chi connectivity index (χ1v) is 16.2. The first-order chi connectivity index (χ1) is 21.6. The third-order valence-electron chi connectivity index (χ3n) is 8.12. The number of unbranched alkanes of at least 4 members (excludes halogenated alkanes) is 1. The third kappa shape index (κ3) is 6.75. The lowest BCUT2D eigenvalue weighted by Crippen LogP contribution is -2.37. The van der Waals surface area contributed by atoms with E-state index in [4.69, 9.17) is 18.8 Å². The first kappa shape index (κ1) is 32.2. The molecule has 1 aromatic heterocycles. The van der Waals surface area contributed by atoms with Crippen LogP contribution >= 0.6 is 0 Å². The molecule has 13 heteroatoms. The molecule has 0 spiro atoms. The number of aliphatic hydroxyl groups is 1. The Morgan fingerprint density at radius 1 is 1.13 bits per heavy atom. The van der Waals surface area contributed by atoms with Crippen molar-refractivity contribution in [2.75, 3.05) is 20.3 Å². The van der Waals surface area contributed by atoms with Crippen molar-refractivity contribution in [1.82, 2.24) is 19.3 Å². The van der Waals surface area contributed by atoms with Gasteiger partial charge >= 0.3 is 16.3 Å². The molecule has 12 nitrogen and oxygen atoms in total. The average Bonchev–Trinajstić information content (AvgIpc) is 3.41. The fraction of sp³-hybridized carbons (Fsp3) is 0.406. The number of esters is 1. The molecule has 0 aliphatic carbocycles. The third-order valence-corrected chi connectivity index (χ3v) is 9.39. The molecule has 240 valence electrons. The second-order valence-corrected chi connectivity index (χ2v) is 12.6. The van der Waals surface area contributed by atoms with E-state index in [9.17, 15) is 18.3 Å². The summed E-state index contributed by atoms with van der Waals surface area (Å²) in [6.45, 7) is 6.59. The van der Waals surface area contributed by atoms with Crippen molar-refractivity contribution in [3.8, 4) is 17.2 Å². The second-order valence-electron chi connectivity index (χ2n) is 11.1. The van der Waals surface area contributed by atoms with Crippen LogP contribution in [-0.4, -0.2) is 64.2 Å². The highest BCUT2D eigenvalue weighted by Crippen LogP contribution is 2.41. The zero-order chi connectivity index (χ0) is 32.3. The molecule has 0 fully saturated rings. The number of rotatable bonds is 12. The number of methoxy groups -OCH3 is 1. The molecule has 3 aromatic carbocycles. The number of benzene rings is 3. The van der Waals surface area contributed by atoms with Gasteiger partial charge in [-0.1, -0.05) is 29.5 Å². The molecule has 0 saturated carbocycles. The lowest BCUT2D eigenvalue weighted by molar-refractivity contribution is -0.143. The maximum absolute atomic E-state index is 13.2. The highest BCUT2D eigenvalue weighted by Gasteiger charge is 2.35. The van der Waals surface area contributed by atoms with Gasteiger partial charge < -0.3 is 23.9 Å². The van der Waals surface area contributed by atoms with Crippen molar-refractivity contribution < 1.29 is 37.1 Å². The van der Waals surface area contributed by atoms with Crippen LogP contribution in [0.25, 0.3) is 11.0 Å². The van der Waals surface area contributed by atoms with Gasteiger partial charge in [0.2, 0.25) is 0 Å². The molecule has 0 amide bonds. The molecule has 45 heavy (non-hydrogen) atoms. The summed E-state index contributed by atoms with van der Waals surface area (Å²) in [5, 5.41) is 28.1. The van der Waals surface area contributed by atoms with E-state index >= 15 is 0 Å². The van der Waals surface area contributed by atoms with Crippen LogP contribution < -0.4 is 8.92 Å². The normalized spacial score (nSPS) is 15.0. The van der Waals surface area contributed by atoms with Gasteiger partial charge in [-0.15, -0.1) is 5.10 Å². The van der Waals surface area contributed by atoms with E-state index in [0.717, 1.165) is 45.3 Å². The van der Waals surface area contributed by atoms with E-state index in [1.807, 2.05) is 48.9 Å². The zero-order valence-electron chi connectivity index (χ0n) is 25.8. The molecule has 1 aliphatic rings. The van der Waals surface area contributed by atoms with Crippen LogP contribution in [0.2, 0.25) is 0 Å². The van der Waals surface area contributed by atoms with Crippen LogP contribution in [-0.2, 0) is 39.5 Å². The van der Waals surface area contributed by atoms with Crippen molar-refractivity contribution in [3.05, 3.63) is 75.8 Å². The maximum atomic E-state index is 13.2. The van der Waals surface area contributed by atoms with Crippen LogP contribution in [0.5, 0.6) is 17.2 Å². The number of carbonyl (C=O) groups excluding carboxylic acids is 1. The number of aromatic hydroxyl groups is 1. The Morgan fingerprint density at radius 3 is 2.67 bits per heavy atom. The largest absolute Gasteiger partial charge is 0.508 e.